The summed E-state index contributed by atoms with van der Waals surface area (Å²) in [6, 6.07) is 51.4. The molecule has 0 saturated carbocycles. The van der Waals surface area contributed by atoms with Crippen LogP contribution in [0, 0.1) is 0 Å². The molecule has 0 aliphatic rings. The van der Waals surface area contributed by atoms with Gasteiger partial charge in [0, 0.05) is 27.7 Å². The minimum Gasteiger partial charge on any atom is -0.456 e. The van der Waals surface area contributed by atoms with Gasteiger partial charge in [-0.1, -0.05) is 84.9 Å². The molecule has 9 aromatic rings. The first-order chi connectivity index (χ1) is 21.8. The van der Waals surface area contributed by atoms with Crippen molar-refractivity contribution in [3.05, 3.63) is 152 Å². The molecular formula is C41H25NO2. The summed E-state index contributed by atoms with van der Waals surface area (Å²) in [7, 11) is 0. The average Bonchev–Trinajstić information content (AvgIpc) is 3.66. The third-order valence-electron chi connectivity index (χ3n) is 8.55. The van der Waals surface area contributed by atoms with Gasteiger partial charge >= 0.3 is 0 Å². The monoisotopic (exact) mass is 563 g/mol. The molecule has 0 spiro atoms. The number of hydrogen-bond donors (Lipinski definition) is 0. The highest BCUT2D eigenvalue weighted by atomic mass is 16.3. The number of pyridine rings is 1. The van der Waals surface area contributed by atoms with Gasteiger partial charge in [-0.3, -0.25) is 0 Å². The fourth-order valence-electron chi connectivity index (χ4n) is 6.33. The van der Waals surface area contributed by atoms with Gasteiger partial charge in [0.05, 0.1) is 0 Å². The Balaban J connectivity index is 1.07. The van der Waals surface area contributed by atoms with E-state index in [0.29, 0.717) is 5.71 Å². The number of fused-ring (bicyclic) bond motifs is 6. The van der Waals surface area contributed by atoms with Crippen molar-refractivity contribution in [3.63, 3.8) is 0 Å². The van der Waals surface area contributed by atoms with Gasteiger partial charge in [0.1, 0.15) is 16.7 Å². The van der Waals surface area contributed by atoms with Gasteiger partial charge in [-0.2, -0.15) is 0 Å². The second-order valence-electron chi connectivity index (χ2n) is 11.2. The molecule has 44 heavy (non-hydrogen) atoms. The van der Waals surface area contributed by atoms with E-state index in [2.05, 4.69) is 126 Å². The van der Waals surface area contributed by atoms with Crippen molar-refractivity contribution in [1.29, 1.82) is 0 Å². The van der Waals surface area contributed by atoms with Crippen LogP contribution < -0.4 is 0 Å². The molecule has 9 rings (SSSR count). The Morgan fingerprint density at radius 3 is 1.36 bits per heavy atom. The SMILES string of the molecule is c1cc(-c2cccc(-c3ccc4oc5ccccc5c4c3)c2)cc(-c2cccc(-c3ccc4oc5ncccc5c4c3)c2)c1. The molecule has 0 saturated heterocycles. The second kappa shape index (κ2) is 9.82. The Morgan fingerprint density at radius 2 is 0.773 bits per heavy atom. The van der Waals surface area contributed by atoms with Crippen molar-refractivity contribution in [1.82, 2.24) is 4.98 Å². The van der Waals surface area contributed by atoms with E-state index in [-0.39, 0.29) is 0 Å². The molecule has 3 nitrogen and oxygen atoms in total. The topological polar surface area (TPSA) is 39.2 Å². The van der Waals surface area contributed by atoms with Gasteiger partial charge in [0.15, 0.2) is 0 Å². The predicted molar refractivity (Wildman–Crippen MR) is 181 cm³/mol. The number of hydrogen-bond acceptors (Lipinski definition) is 3. The third-order valence-corrected chi connectivity index (χ3v) is 8.55. The molecule has 0 amide bonds. The van der Waals surface area contributed by atoms with Crippen LogP contribution in [-0.2, 0) is 0 Å². The van der Waals surface area contributed by atoms with Crippen LogP contribution in [0.3, 0.4) is 0 Å². The van der Waals surface area contributed by atoms with Gasteiger partial charge in [0.2, 0.25) is 5.71 Å². The molecule has 0 radical (unpaired) electrons. The molecule has 6 aromatic carbocycles. The summed E-state index contributed by atoms with van der Waals surface area (Å²) in [4.78, 5) is 4.38. The summed E-state index contributed by atoms with van der Waals surface area (Å²) in [6.45, 7) is 0. The van der Waals surface area contributed by atoms with Crippen LogP contribution in [0.1, 0.15) is 0 Å². The molecule has 0 fully saturated rings. The lowest BCUT2D eigenvalue weighted by atomic mass is 9.94. The molecule has 3 heterocycles. The molecule has 3 aromatic heterocycles. The van der Waals surface area contributed by atoms with E-state index in [1.807, 2.05) is 24.3 Å². The fraction of sp³-hybridized carbons (Fsp3) is 0. The average molecular weight is 564 g/mol. The smallest absolute Gasteiger partial charge is 0.227 e. The number of benzene rings is 6. The summed E-state index contributed by atoms with van der Waals surface area (Å²) in [5.41, 5.74) is 12.7. The lowest BCUT2D eigenvalue weighted by Crippen LogP contribution is -1.85. The van der Waals surface area contributed by atoms with Crippen LogP contribution in [0.2, 0.25) is 0 Å². The first-order valence-corrected chi connectivity index (χ1v) is 14.8. The van der Waals surface area contributed by atoms with Crippen molar-refractivity contribution >= 4 is 44.0 Å². The van der Waals surface area contributed by atoms with Crippen LogP contribution in [0.5, 0.6) is 0 Å². The Morgan fingerprint density at radius 1 is 0.318 bits per heavy atom. The van der Waals surface area contributed by atoms with Gasteiger partial charge in [-0.15, -0.1) is 0 Å². The standard InChI is InChI=1S/C41H25NO2/c1-2-15-38-34(13-1)36-24-32(16-18-39(36)43-38)30-11-4-9-28(22-30)26-7-3-8-27(21-26)29-10-5-12-31(23-29)33-17-19-40-37(25-33)35-14-6-20-42-41(35)44-40/h1-25H. The Hall–Kier alpha value is -5.93. The van der Waals surface area contributed by atoms with E-state index in [0.717, 1.165) is 49.4 Å². The Labute approximate surface area is 253 Å². The van der Waals surface area contributed by atoms with Crippen molar-refractivity contribution in [2.24, 2.45) is 0 Å². The Bertz CT molecular complexity index is 2340. The van der Waals surface area contributed by atoms with Crippen LogP contribution in [0.15, 0.2) is 161 Å². The number of rotatable bonds is 4. The van der Waals surface area contributed by atoms with Gasteiger partial charge in [0.25, 0.3) is 0 Å². The van der Waals surface area contributed by atoms with Gasteiger partial charge in [-0.05, 0) is 105 Å². The molecule has 0 aliphatic carbocycles. The van der Waals surface area contributed by atoms with Crippen molar-refractivity contribution < 1.29 is 8.83 Å². The van der Waals surface area contributed by atoms with Gasteiger partial charge < -0.3 is 8.83 Å². The lowest BCUT2D eigenvalue weighted by Gasteiger charge is -2.10. The minimum absolute atomic E-state index is 0.671. The van der Waals surface area contributed by atoms with Crippen molar-refractivity contribution in [3.8, 4) is 44.5 Å². The van der Waals surface area contributed by atoms with Crippen molar-refractivity contribution in [2.75, 3.05) is 0 Å². The lowest BCUT2D eigenvalue weighted by molar-refractivity contribution is 0.654. The zero-order chi connectivity index (χ0) is 29.0. The maximum atomic E-state index is 6.05. The summed E-state index contributed by atoms with van der Waals surface area (Å²) in [6.07, 6.45) is 1.76. The maximum Gasteiger partial charge on any atom is 0.227 e. The van der Waals surface area contributed by atoms with E-state index >= 15 is 0 Å². The quantitative estimate of drug-likeness (QED) is 0.214. The maximum absolute atomic E-state index is 6.05. The molecule has 0 aliphatic heterocycles. The largest absolute Gasteiger partial charge is 0.456 e. The summed E-state index contributed by atoms with van der Waals surface area (Å²) in [5, 5.41) is 4.40. The van der Waals surface area contributed by atoms with Crippen LogP contribution in [0.25, 0.3) is 88.5 Å². The highest BCUT2D eigenvalue weighted by Crippen LogP contribution is 2.36. The van der Waals surface area contributed by atoms with E-state index in [1.54, 1.807) is 6.20 Å². The van der Waals surface area contributed by atoms with E-state index in [1.165, 1.54) is 33.4 Å². The molecule has 3 heteroatoms. The molecule has 0 bridgehead atoms. The number of aromatic nitrogens is 1. The zero-order valence-corrected chi connectivity index (χ0v) is 23.7. The summed E-state index contributed by atoms with van der Waals surface area (Å²) in [5.74, 6) is 0. The van der Waals surface area contributed by atoms with E-state index < -0.39 is 0 Å². The van der Waals surface area contributed by atoms with Crippen molar-refractivity contribution in [2.45, 2.75) is 0 Å². The molecule has 206 valence electrons. The van der Waals surface area contributed by atoms with Crippen LogP contribution >= 0.6 is 0 Å². The van der Waals surface area contributed by atoms with Crippen LogP contribution in [-0.4, -0.2) is 4.98 Å². The summed E-state index contributed by atoms with van der Waals surface area (Å²) < 4.78 is 12.0. The highest BCUT2D eigenvalue weighted by molar-refractivity contribution is 6.06. The zero-order valence-electron chi connectivity index (χ0n) is 23.7. The predicted octanol–water partition coefficient (Wildman–Crippen LogP) is 11.5. The van der Waals surface area contributed by atoms with Gasteiger partial charge in [-0.25, -0.2) is 4.98 Å². The second-order valence-corrected chi connectivity index (χ2v) is 11.2. The van der Waals surface area contributed by atoms with E-state index in [4.69, 9.17) is 8.83 Å². The third kappa shape index (κ3) is 4.10. The highest BCUT2D eigenvalue weighted by Gasteiger charge is 2.11. The summed E-state index contributed by atoms with van der Waals surface area (Å²) >= 11 is 0. The minimum atomic E-state index is 0.671. The number of para-hydroxylation sites is 1. The fourth-order valence-corrected chi connectivity index (χ4v) is 6.33. The first-order valence-electron chi connectivity index (χ1n) is 14.8. The normalized spacial score (nSPS) is 11.6. The van der Waals surface area contributed by atoms with Crippen LogP contribution in [0.4, 0.5) is 0 Å². The molecule has 0 N–H and O–H groups in total. The molecule has 0 unspecified atom stereocenters. The first kappa shape index (κ1) is 24.6. The number of nitrogens with zero attached hydrogens (tertiary/aromatic N) is 1. The molecule has 0 atom stereocenters. The van der Waals surface area contributed by atoms with E-state index in [9.17, 15) is 0 Å². The molecular weight excluding hydrogens is 538 g/mol. The number of furan rings is 2. The Kier molecular flexibility index (Phi) is 5.50.